The fraction of sp³-hybridized carbons (Fsp3) is 0.698. The van der Waals surface area contributed by atoms with Crippen molar-refractivity contribution in [1.82, 2.24) is 5.32 Å². The fourth-order valence-electron chi connectivity index (χ4n) is 8.51. The molecule has 0 spiro atoms. The molecule has 0 aromatic heterocycles. The van der Waals surface area contributed by atoms with Gasteiger partial charge in [-0.2, -0.15) is 0 Å². The first-order chi connectivity index (χ1) is 35.3. The lowest BCUT2D eigenvalue weighted by molar-refractivity contribution is -0.302. The summed E-state index contributed by atoms with van der Waals surface area (Å²) in [5.41, 5.74) is 0. The van der Waals surface area contributed by atoms with Crippen molar-refractivity contribution in [1.29, 1.82) is 0 Å². The van der Waals surface area contributed by atoms with E-state index in [1.807, 2.05) is 6.08 Å². The summed E-state index contributed by atoms with van der Waals surface area (Å²) in [6.45, 7) is 3.62. The summed E-state index contributed by atoms with van der Waals surface area (Å²) in [6, 6.07) is -0.862. The van der Waals surface area contributed by atoms with Gasteiger partial charge in [-0.15, -0.1) is 0 Å². The Hall–Kier alpha value is -3.15. The van der Waals surface area contributed by atoms with Crippen LogP contribution in [-0.4, -0.2) is 87.5 Å². The molecule has 1 heterocycles. The second-order valence-corrected chi connectivity index (χ2v) is 19.7. The van der Waals surface area contributed by atoms with Gasteiger partial charge < -0.3 is 40.3 Å². The van der Waals surface area contributed by atoms with Crippen LogP contribution in [0.4, 0.5) is 0 Å². The molecule has 1 rings (SSSR count). The van der Waals surface area contributed by atoms with Crippen LogP contribution in [-0.2, 0) is 14.3 Å². The molecule has 1 aliphatic heterocycles. The minimum atomic E-state index is -1.59. The monoisotopic (exact) mass is 1010 g/mol. The van der Waals surface area contributed by atoms with E-state index in [1.165, 1.54) is 128 Å². The molecule has 0 aromatic rings. The quantitative estimate of drug-likeness (QED) is 0.0261. The van der Waals surface area contributed by atoms with Crippen molar-refractivity contribution in [2.45, 2.75) is 269 Å². The maximum absolute atomic E-state index is 13.0. The molecule has 1 fully saturated rings. The highest BCUT2D eigenvalue weighted by Crippen LogP contribution is 2.23. The van der Waals surface area contributed by atoms with E-state index in [1.54, 1.807) is 6.08 Å². The molecule has 0 bridgehead atoms. The molecule has 7 unspecified atom stereocenters. The zero-order valence-electron chi connectivity index (χ0n) is 45.6. The predicted octanol–water partition coefficient (Wildman–Crippen LogP) is 14.6. The average molecular weight is 1010 g/mol. The number of aliphatic hydroxyl groups is 5. The second-order valence-electron chi connectivity index (χ2n) is 19.7. The zero-order valence-corrected chi connectivity index (χ0v) is 45.6. The Kier molecular flexibility index (Phi) is 47.7. The zero-order chi connectivity index (χ0) is 52.2. The third-order valence-electron chi connectivity index (χ3n) is 13.1. The van der Waals surface area contributed by atoms with Crippen LogP contribution in [0.5, 0.6) is 0 Å². The van der Waals surface area contributed by atoms with Crippen LogP contribution < -0.4 is 5.32 Å². The van der Waals surface area contributed by atoms with E-state index < -0.39 is 49.5 Å². The lowest BCUT2D eigenvalue weighted by Crippen LogP contribution is -2.60. The number of carbonyl (C=O) groups is 1. The van der Waals surface area contributed by atoms with E-state index in [9.17, 15) is 30.3 Å². The van der Waals surface area contributed by atoms with Crippen LogP contribution in [0.2, 0.25) is 0 Å². The third-order valence-corrected chi connectivity index (χ3v) is 13.1. The predicted molar refractivity (Wildman–Crippen MR) is 304 cm³/mol. The minimum absolute atomic E-state index is 0.231. The van der Waals surface area contributed by atoms with Crippen molar-refractivity contribution in [2.75, 3.05) is 13.2 Å². The molecule has 9 heteroatoms. The summed E-state index contributed by atoms with van der Waals surface area (Å²) < 4.78 is 11.2. The van der Waals surface area contributed by atoms with Crippen molar-refractivity contribution in [2.24, 2.45) is 0 Å². The van der Waals surface area contributed by atoms with E-state index >= 15 is 0 Å². The molecule has 1 aliphatic rings. The summed E-state index contributed by atoms with van der Waals surface area (Å²) in [5, 5.41) is 54.5. The largest absolute Gasteiger partial charge is 0.394 e. The molecule has 1 amide bonds. The van der Waals surface area contributed by atoms with Crippen molar-refractivity contribution in [3.8, 4) is 0 Å². The van der Waals surface area contributed by atoms with Crippen molar-refractivity contribution < 1.29 is 39.8 Å². The van der Waals surface area contributed by atoms with Crippen LogP contribution in [0.25, 0.3) is 0 Å². The van der Waals surface area contributed by atoms with Crippen LogP contribution in [0.3, 0.4) is 0 Å². The number of allylic oxidation sites excluding steroid dienone is 17. The van der Waals surface area contributed by atoms with E-state index in [0.29, 0.717) is 6.42 Å². The van der Waals surface area contributed by atoms with Crippen molar-refractivity contribution in [3.05, 3.63) is 109 Å². The Bertz CT molecular complexity index is 1490. The Morgan fingerprint density at radius 1 is 0.486 bits per heavy atom. The van der Waals surface area contributed by atoms with Crippen molar-refractivity contribution in [3.63, 3.8) is 0 Å². The van der Waals surface area contributed by atoms with Crippen LogP contribution in [0.15, 0.2) is 109 Å². The third kappa shape index (κ3) is 40.3. The molecular weight excluding hydrogens is 899 g/mol. The van der Waals surface area contributed by atoms with Gasteiger partial charge in [0.2, 0.25) is 5.91 Å². The van der Waals surface area contributed by atoms with Crippen LogP contribution >= 0.6 is 0 Å². The van der Waals surface area contributed by atoms with Gasteiger partial charge in [0.1, 0.15) is 24.4 Å². The van der Waals surface area contributed by atoms with Gasteiger partial charge in [-0.05, 0) is 83.5 Å². The Labute approximate surface area is 440 Å². The number of rotatable bonds is 48. The molecule has 6 N–H and O–H groups in total. The van der Waals surface area contributed by atoms with Gasteiger partial charge in [0.25, 0.3) is 0 Å². The summed E-state index contributed by atoms with van der Waals surface area (Å²) in [4.78, 5) is 13.0. The van der Waals surface area contributed by atoms with Gasteiger partial charge in [-0.1, -0.05) is 245 Å². The molecule has 7 atom stereocenters. The average Bonchev–Trinajstić information content (AvgIpc) is 3.38. The Morgan fingerprint density at radius 2 is 0.875 bits per heavy atom. The Morgan fingerprint density at radius 3 is 1.33 bits per heavy atom. The van der Waals surface area contributed by atoms with Crippen molar-refractivity contribution >= 4 is 5.91 Å². The standard InChI is InChI=1S/C63H107NO8/c1-3-5-7-9-11-13-15-17-19-21-23-25-27-28-29-31-32-34-36-38-40-42-44-46-48-50-52-57(66)56(55-71-63-62(70)61(69)60(68)58(54-65)72-63)64-59(67)53-51-49-47-45-43-41-39-37-35-33-30-26-24-22-20-18-16-14-12-10-8-6-4-2/h6,8,12,14,18,20,24,26,33,35,39,41-42,44-45,47,50,52,56-58,60-63,65-66,68-70H,3-5,7,9-11,13,15-17,19,21-23,25,27-32,34,36-38,40,43,46,48-49,51,53-55H2,1-2H3,(H,64,67)/b8-6-,14-12-,20-18-,26-24-,35-33-,41-39-,44-42+,47-45-,52-50+. The second kappa shape index (κ2) is 51.3. The van der Waals surface area contributed by atoms with E-state index in [4.69, 9.17) is 9.47 Å². The summed E-state index contributed by atoms with van der Waals surface area (Å²) in [5.74, 6) is -0.247. The Balaban J connectivity index is 2.31. The molecule has 72 heavy (non-hydrogen) atoms. The van der Waals surface area contributed by atoms with E-state index in [-0.39, 0.29) is 18.9 Å². The first-order valence-electron chi connectivity index (χ1n) is 29.1. The van der Waals surface area contributed by atoms with Gasteiger partial charge in [-0.3, -0.25) is 4.79 Å². The van der Waals surface area contributed by atoms with E-state index in [2.05, 4.69) is 116 Å². The first-order valence-corrected chi connectivity index (χ1v) is 29.1. The van der Waals surface area contributed by atoms with Gasteiger partial charge >= 0.3 is 0 Å². The van der Waals surface area contributed by atoms with Gasteiger partial charge in [-0.25, -0.2) is 0 Å². The highest BCUT2D eigenvalue weighted by atomic mass is 16.7. The van der Waals surface area contributed by atoms with Crippen LogP contribution in [0, 0.1) is 0 Å². The lowest BCUT2D eigenvalue weighted by atomic mass is 9.99. The molecule has 9 nitrogen and oxygen atoms in total. The SMILES string of the molecule is CC/C=C\C/C=C\C/C=C\C/C=C\C/C=C\C/C=C\C/C=C\CCCC(=O)NC(COC1OC(CO)C(O)C(O)C1O)C(O)/C=C/CC/C=C/CCCCCCCCCCCCCCCCCCCCCC. The lowest BCUT2D eigenvalue weighted by Gasteiger charge is -2.40. The number of nitrogens with one attached hydrogen (secondary N) is 1. The van der Waals surface area contributed by atoms with Gasteiger partial charge in [0.15, 0.2) is 6.29 Å². The summed E-state index contributed by atoms with van der Waals surface area (Å²) in [6.07, 6.45) is 68.8. The molecule has 0 aliphatic carbocycles. The highest BCUT2D eigenvalue weighted by molar-refractivity contribution is 5.76. The molecule has 1 saturated heterocycles. The smallest absolute Gasteiger partial charge is 0.220 e. The number of ether oxygens (including phenoxy) is 2. The molecule has 0 saturated carbocycles. The van der Waals surface area contributed by atoms with E-state index in [0.717, 1.165) is 70.6 Å². The molecule has 0 aromatic carbocycles. The topological polar surface area (TPSA) is 149 Å². The number of aliphatic hydroxyl groups excluding tert-OH is 5. The molecule has 412 valence electrons. The minimum Gasteiger partial charge on any atom is -0.394 e. The first kappa shape index (κ1) is 66.9. The maximum Gasteiger partial charge on any atom is 0.220 e. The van der Waals surface area contributed by atoms with Gasteiger partial charge in [0, 0.05) is 6.42 Å². The number of carbonyl (C=O) groups excluding carboxylic acids is 1. The number of unbranched alkanes of at least 4 members (excludes halogenated alkanes) is 22. The molecular formula is C63H107NO8. The highest BCUT2D eigenvalue weighted by Gasteiger charge is 2.44. The number of hydrogen-bond donors (Lipinski definition) is 6. The maximum atomic E-state index is 13.0. The van der Waals surface area contributed by atoms with Crippen LogP contribution in [0.1, 0.15) is 226 Å². The normalized spacial score (nSPS) is 20.0. The molecule has 0 radical (unpaired) electrons. The van der Waals surface area contributed by atoms with Gasteiger partial charge in [0.05, 0.1) is 25.4 Å². The number of amides is 1. The summed E-state index contributed by atoms with van der Waals surface area (Å²) in [7, 11) is 0. The number of hydrogen-bond acceptors (Lipinski definition) is 8. The summed E-state index contributed by atoms with van der Waals surface area (Å²) >= 11 is 0. The fourth-order valence-corrected chi connectivity index (χ4v) is 8.51.